The number of rotatable bonds is 2. The Bertz CT molecular complexity index is 627. The lowest BCUT2D eigenvalue weighted by Gasteiger charge is -2.06. The molecule has 1 aromatic carbocycles. The Morgan fingerprint density at radius 2 is 2.26 bits per heavy atom. The molecular weight excluding hydrogens is 258 g/mol. The van der Waals surface area contributed by atoms with Crippen molar-refractivity contribution < 1.29 is 4.79 Å². The van der Waals surface area contributed by atoms with Gasteiger partial charge in [-0.05, 0) is 49.9 Å². The van der Waals surface area contributed by atoms with Crippen LogP contribution in [0, 0.1) is 6.92 Å². The molecule has 5 heteroatoms. The van der Waals surface area contributed by atoms with Gasteiger partial charge in [-0.3, -0.25) is 10.1 Å². The van der Waals surface area contributed by atoms with Crippen molar-refractivity contribution in [2.45, 2.75) is 26.2 Å². The van der Waals surface area contributed by atoms with Gasteiger partial charge in [0.2, 0.25) is 0 Å². The smallest absolute Gasteiger partial charge is 0.257 e. The number of carbonyl (C=O) groups is 1. The lowest BCUT2D eigenvalue weighted by Crippen LogP contribution is -2.13. The second-order valence-electron chi connectivity index (χ2n) is 4.77. The largest absolute Gasteiger partial charge is 0.399 e. The van der Waals surface area contributed by atoms with Crippen LogP contribution in [-0.4, -0.2) is 10.9 Å². The van der Waals surface area contributed by atoms with Gasteiger partial charge in [-0.1, -0.05) is 0 Å². The summed E-state index contributed by atoms with van der Waals surface area (Å²) in [6.07, 6.45) is 3.30. The Morgan fingerprint density at radius 1 is 1.42 bits per heavy atom. The van der Waals surface area contributed by atoms with Crippen molar-refractivity contribution in [1.29, 1.82) is 0 Å². The van der Waals surface area contributed by atoms with E-state index in [1.54, 1.807) is 29.5 Å². The molecule has 0 saturated heterocycles. The second kappa shape index (κ2) is 4.66. The molecule has 0 fully saturated rings. The first kappa shape index (κ1) is 12.2. The SMILES string of the molecule is Cc1cc(N)ccc1C(=O)Nc1nc2c(s1)CCC2. The summed E-state index contributed by atoms with van der Waals surface area (Å²) >= 11 is 1.59. The van der Waals surface area contributed by atoms with E-state index < -0.39 is 0 Å². The Balaban J connectivity index is 1.80. The first-order chi connectivity index (χ1) is 9.13. The molecule has 1 aromatic heterocycles. The van der Waals surface area contributed by atoms with Gasteiger partial charge in [0.05, 0.1) is 5.69 Å². The summed E-state index contributed by atoms with van der Waals surface area (Å²) in [6.45, 7) is 1.88. The summed E-state index contributed by atoms with van der Waals surface area (Å²) in [5.41, 5.74) is 9.02. The van der Waals surface area contributed by atoms with E-state index in [4.69, 9.17) is 5.73 Å². The molecule has 0 spiro atoms. The molecule has 0 bridgehead atoms. The van der Waals surface area contributed by atoms with Crippen LogP contribution in [0.25, 0.3) is 0 Å². The number of nitrogen functional groups attached to an aromatic ring is 1. The predicted octanol–water partition coefficient (Wildman–Crippen LogP) is 2.77. The number of nitrogens with two attached hydrogens (primary N) is 1. The van der Waals surface area contributed by atoms with Gasteiger partial charge in [0.25, 0.3) is 5.91 Å². The Morgan fingerprint density at radius 3 is 3.00 bits per heavy atom. The Labute approximate surface area is 115 Å². The van der Waals surface area contributed by atoms with Gasteiger partial charge in [-0.2, -0.15) is 0 Å². The first-order valence-corrected chi connectivity index (χ1v) is 7.11. The van der Waals surface area contributed by atoms with Crippen LogP contribution in [0.3, 0.4) is 0 Å². The molecule has 0 radical (unpaired) electrons. The van der Waals surface area contributed by atoms with Gasteiger partial charge in [0.15, 0.2) is 5.13 Å². The first-order valence-electron chi connectivity index (χ1n) is 6.29. The van der Waals surface area contributed by atoms with Crippen molar-refractivity contribution in [2.24, 2.45) is 0 Å². The van der Waals surface area contributed by atoms with E-state index in [1.165, 1.54) is 11.3 Å². The van der Waals surface area contributed by atoms with E-state index in [0.29, 0.717) is 16.4 Å². The maximum absolute atomic E-state index is 12.2. The number of aromatic nitrogens is 1. The zero-order chi connectivity index (χ0) is 13.4. The maximum Gasteiger partial charge on any atom is 0.257 e. The van der Waals surface area contributed by atoms with Crippen LogP contribution in [-0.2, 0) is 12.8 Å². The quantitative estimate of drug-likeness (QED) is 0.827. The third kappa shape index (κ3) is 2.33. The minimum Gasteiger partial charge on any atom is -0.399 e. The summed E-state index contributed by atoms with van der Waals surface area (Å²) in [5, 5.41) is 3.58. The molecule has 3 N–H and O–H groups in total. The average molecular weight is 273 g/mol. The summed E-state index contributed by atoms with van der Waals surface area (Å²) in [5.74, 6) is -0.120. The van der Waals surface area contributed by atoms with Gasteiger partial charge in [0.1, 0.15) is 0 Å². The normalized spacial score (nSPS) is 13.3. The monoisotopic (exact) mass is 273 g/mol. The molecule has 0 unspecified atom stereocenters. The standard InChI is InChI=1S/C14H15N3OS/c1-8-7-9(15)5-6-10(8)13(18)17-14-16-11-3-2-4-12(11)19-14/h5-7H,2-4,15H2,1H3,(H,16,17,18). The molecule has 0 atom stereocenters. The number of nitrogens with zero attached hydrogens (tertiary/aromatic N) is 1. The number of thiazole rings is 1. The lowest BCUT2D eigenvalue weighted by molar-refractivity contribution is 0.102. The van der Waals surface area contributed by atoms with Crippen LogP contribution in [0.1, 0.15) is 32.9 Å². The average Bonchev–Trinajstić information content (AvgIpc) is 2.89. The fourth-order valence-electron chi connectivity index (χ4n) is 2.35. The molecular formula is C14H15N3OS. The fraction of sp³-hybridized carbons (Fsp3) is 0.286. The lowest BCUT2D eigenvalue weighted by atomic mass is 10.1. The number of benzene rings is 1. The van der Waals surface area contributed by atoms with Crippen molar-refractivity contribution in [3.63, 3.8) is 0 Å². The molecule has 1 aliphatic carbocycles. The minimum absolute atomic E-state index is 0.120. The summed E-state index contributed by atoms with van der Waals surface area (Å²) in [7, 11) is 0. The van der Waals surface area contributed by atoms with Crippen LogP contribution >= 0.6 is 11.3 Å². The fourth-order valence-corrected chi connectivity index (χ4v) is 3.39. The molecule has 4 nitrogen and oxygen atoms in total. The summed E-state index contributed by atoms with van der Waals surface area (Å²) in [6, 6.07) is 5.29. The number of amides is 1. The highest BCUT2D eigenvalue weighted by Gasteiger charge is 2.18. The summed E-state index contributed by atoms with van der Waals surface area (Å²) < 4.78 is 0. The van der Waals surface area contributed by atoms with Crippen LogP contribution in [0.15, 0.2) is 18.2 Å². The number of anilines is 2. The molecule has 2 aromatic rings. The zero-order valence-corrected chi connectivity index (χ0v) is 11.5. The highest BCUT2D eigenvalue weighted by molar-refractivity contribution is 7.16. The minimum atomic E-state index is -0.120. The van der Waals surface area contributed by atoms with Gasteiger partial charge in [-0.25, -0.2) is 4.98 Å². The van der Waals surface area contributed by atoms with Crippen LogP contribution in [0.2, 0.25) is 0 Å². The molecule has 1 aliphatic rings. The van der Waals surface area contributed by atoms with Crippen molar-refractivity contribution in [1.82, 2.24) is 4.98 Å². The molecule has 1 heterocycles. The number of hydrogen-bond acceptors (Lipinski definition) is 4. The number of aryl methyl sites for hydroxylation is 3. The van der Waals surface area contributed by atoms with E-state index in [9.17, 15) is 4.79 Å². The topological polar surface area (TPSA) is 68.0 Å². The van der Waals surface area contributed by atoms with Gasteiger partial charge < -0.3 is 5.73 Å². The molecule has 0 aliphatic heterocycles. The summed E-state index contributed by atoms with van der Waals surface area (Å²) in [4.78, 5) is 18.0. The number of hydrogen-bond donors (Lipinski definition) is 2. The molecule has 1 amide bonds. The van der Waals surface area contributed by atoms with Crippen LogP contribution < -0.4 is 11.1 Å². The molecule has 3 rings (SSSR count). The van der Waals surface area contributed by atoms with Crippen LogP contribution in [0.4, 0.5) is 10.8 Å². The third-order valence-corrected chi connectivity index (χ3v) is 4.38. The maximum atomic E-state index is 12.2. The van der Waals surface area contributed by atoms with Gasteiger partial charge >= 0.3 is 0 Å². The van der Waals surface area contributed by atoms with E-state index >= 15 is 0 Å². The Kier molecular flexibility index (Phi) is 2.98. The van der Waals surface area contributed by atoms with E-state index in [2.05, 4.69) is 10.3 Å². The number of carbonyl (C=O) groups excluding carboxylic acids is 1. The van der Waals surface area contributed by atoms with Crippen LogP contribution in [0.5, 0.6) is 0 Å². The van der Waals surface area contributed by atoms with E-state index in [0.717, 1.165) is 24.1 Å². The number of nitrogens with one attached hydrogen (secondary N) is 1. The number of fused-ring (bicyclic) bond motifs is 1. The van der Waals surface area contributed by atoms with E-state index in [-0.39, 0.29) is 5.91 Å². The van der Waals surface area contributed by atoms with E-state index in [1.807, 2.05) is 6.92 Å². The molecule has 98 valence electrons. The molecule has 0 saturated carbocycles. The highest BCUT2D eigenvalue weighted by Crippen LogP contribution is 2.30. The van der Waals surface area contributed by atoms with Crippen molar-refractivity contribution in [2.75, 3.05) is 11.1 Å². The van der Waals surface area contributed by atoms with Crippen molar-refractivity contribution >= 4 is 28.1 Å². The van der Waals surface area contributed by atoms with Crippen molar-refractivity contribution in [3.8, 4) is 0 Å². The van der Waals surface area contributed by atoms with Gasteiger partial charge in [0, 0.05) is 16.1 Å². The molecule has 19 heavy (non-hydrogen) atoms. The van der Waals surface area contributed by atoms with Crippen molar-refractivity contribution in [3.05, 3.63) is 39.9 Å². The Hall–Kier alpha value is -1.88. The second-order valence-corrected chi connectivity index (χ2v) is 5.85. The predicted molar refractivity (Wildman–Crippen MR) is 77.7 cm³/mol. The van der Waals surface area contributed by atoms with Gasteiger partial charge in [-0.15, -0.1) is 11.3 Å². The third-order valence-electron chi connectivity index (χ3n) is 3.31. The zero-order valence-electron chi connectivity index (χ0n) is 10.7. The highest BCUT2D eigenvalue weighted by atomic mass is 32.1.